The quantitative estimate of drug-likeness (QED) is 0.301. The Morgan fingerprint density at radius 2 is 1.64 bits per heavy atom. The molecule has 0 saturated carbocycles. The van der Waals surface area contributed by atoms with Crippen molar-refractivity contribution in [1.29, 1.82) is 0 Å². The Morgan fingerprint density at radius 1 is 1.00 bits per heavy atom. The number of Topliss-reactive ketones (excluding diaryl/α,β-unsaturated/α-hetero) is 3. The number of aryl methyl sites for hydroxylation is 1. The van der Waals surface area contributed by atoms with E-state index in [4.69, 9.17) is 0 Å². The van der Waals surface area contributed by atoms with Crippen LogP contribution in [-0.4, -0.2) is 43.4 Å². The molecule has 0 aromatic heterocycles. The lowest BCUT2D eigenvalue weighted by Crippen LogP contribution is -2.63. The van der Waals surface area contributed by atoms with Gasteiger partial charge in [-0.2, -0.15) is 0 Å². The number of fused-ring (bicyclic) bond motifs is 3. The number of phenols is 1. The maximum Gasteiger partial charge on any atom is 0.209 e. The average Bonchev–Trinajstić information content (AvgIpc) is 2.87. The van der Waals surface area contributed by atoms with Gasteiger partial charge in [0.25, 0.3) is 0 Å². The SMILES string of the molecule is CC(=O)C1=C(O)C[C@]2(C)C[C@]3(C)Cc4c(-c5ccccc5)cc(CCCC(C)(C)C)c(O)c4C(=O)C3=C(O)C2(O)C1=O. The third kappa shape index (κ3) is 4.32. The van der Waals surface area contributed by atoms with Gasteiger partial charge in [0.05, 0.1) is 5.56 Å². The highest BCUT2D eigenvalue weighted by atomic mass is 16.3. The summed E-state index contributed by atoms with van der Waals surface area (Å²) in [7, 11) is 0. The van der Waals surface area contributed by atoms with Crippen LogP contribution in [-0.2, 0) is 22.4 Å². The predicted octanol–water partition coefficient (Wildman–Crippen LogP) is 6.50. The van der Waals surface area contributed by atoms with Crippen LogP contribution < -0.4 is 0 Å². The van der Waals surface area contributed by atoms with Crippen LogP contribution in [0, 0.1) is 16.2 Å². The number of carbonyl (C=O) groups is 3. The molecule has 222 valence electrons. The zero-order valence-corrected chi connectivity index (χ0v) is 25.2. The molecule has 0 bridgehead atoms. The monoisotopic (exact) mass is 572 g/mol. The van der Waals surface area contributed by atoms with E-state index in [-0.39, 0.29) is 41.6 Å². The molecule has 0 saturated heterocycles. The first-order valence-electron chi connectivity index (χ1n) is 14.6. The van der Waals surface area contributed by atoms with Gasteiger partial charge in [0.2, 0.25) is 5.78 Å². The molecule has 3 aliphatic carbocycles. The number of hydrogen-bond donors (Lipinski definition) is 4. The number of rotatable bonds is 5. The second-order valence-electron chi connectivity index (χ2n) is 14.2. The summed E-state index contributed by atoms with van der Waals surface area (Å²) in [5.74, 6) is -3.87. The maximum absolute atomic E-state index is 14.4. The Bertz CT molecular complexity index is 1590. The van der Waals surface area contributed by atoms with Crippen molar-refractivity contribution in [3.8, 4) is 16.9 Å². The standard InChI is InChI=1S/C35H40O7/c1-19(36)25-24(37)17-34(6)18-33(5)16-23-22(20-11-8-7-9-12-20)15-21(13-10-14-32(2,3)4)28(38)26(23)29(39)27(33)31(41)35(34,42)30(25)40/h7-9,11-12,15,37-38,41-42H,10,13-14,16-18H2,1-6H3/t33-,34+,35?/m0/s1. The van der Waals surface area contributed by atoms with Crippen molar-refractivity contribution in [3.63, 3.8) is 0 Å². The lowest BCUT2D eigenvalue weighted by atomic mass is 9.48. The van der Waals surface area contributed by atoms with E-state index in [1.165, 1.54) is 0 Å². The number of benzene rings is 2. The van der Waals surface area contributed by atoms with E-state index < -0.39 is 50.9 Å². The largest absolute Gasteiger partial charge is 0.511 e. The molecule has 1 unspecified atom stereocenters. The Balaban J connectivity index is 1.74. The van der Waals surface area contributed by atoms with Gasteiger partial charge in [0.1, 0.15) is 22.8 Å². The predicted molar refractivity (Wildman–Crippen MR) is 159 cm³/mol. The molecule has 42 heavy (non-hydrogen) atoms. The Hall–Kier alpha value is -3.71. The van der Waals surface area contributed by atoms with Gasteiger partial charge < -0.3 is 20.4 Å². The van der Waals surface area contributed by atoms with Crippen LogP contribution in [0.15, 0.2) is 59.1 Å². The molecule has 0 heterocycles. The number of carbonyl (C=O) groups excluding carboxylic acids is 3. The van der Waals surface area contributed by atoms with Crippen LogP contribution in [0.1, 0.15) is 88.7 Å². The first kappa shape index (κ1) is 29.8. The molecule has 3 aliphatic rings. The normalized spacial score (nSPS) is 27.5. The topological polar surface area (TPSA) is 132 Å². The van der Waals surface area contributed by atoms with Gasteiger partial charge in [-0.3, -0.25) is 14.4 Å². The van der Waals surface area contributed by atoms with Gasteiger partial charge in [0.15, 0.2) is 17.2 Å². The van der Waals surface area contributed by atoms with E-state index in [1.807, 2.05) is 36.4 Å². The number of phenolic OH excluding ortho intramolecular Hbond substituents is 1. The molecule has 0 radical (unpaired) electrons. The van der Waals surface area contributed by atoms with E-state index in [9.17, 15) is 34.8 Å². The minimum atomic E-state index is -2.58. The molecule has 0 aliphatic heterocycles. The summed E-state index contributed by atoms with van der Waals surface area (Å²) in [4.78, 5) is 40.3. The van der Waals surface area contributed by atoms with E-state index in [1.54, 1.807) is 13.8 Å². The van der Waals surface area contributed by atoms with Crippen molar-refractivity contribution in [1.82, 2.24) is 0 Å². The number of hydrogen-bond acceptors (Lipinski definition) is 7. The number of allylic oxidation sites excluding steroid dienone is 2. The van der Waals surface area contributed by atoms with Crippen LogP contribution in [0.5, 0.6) is 5.75 Å². The molecule has 0 spiro atoms. The molecular weight excluding hydrogens is 532 g/mol. The number of ketones is 3. The molecule has 0 fully saturated rings. The van der Waals surface area contributed by atoms with E-state index in [2.05, 4.69) is 20.8 Å². The third-order valence-electron chi connectivity index (χ3n) is 9.56. The number of aliphatic hydroxyl groups excluding tert-OH is 2. The highest BCUT2D eigenvalue weighted by molar-refractivity contribution is 6.25. The summed E-state index contributed by atoms with van der Waals surface area (Å²) in [6.07, 6.45) is 2.34. The smallest absolute Gasteiger partial charge is 0.209 e. The lowest BCUT2D eigenvalue weighted by molar-refractivity contribution is -0.158. The van der Waals surface area contributed by atoms with Crippen molar-refractivity contribution in [2.24, 2.45) is 16.2 Å². The van der Waals surface area contributed by atoms with Crippen molar-refractivity contribution in [2.45, 2.75) is 85.7 Å². The van der Waals surface area contributed by atoms with Crippen molar-refractivity contribution < 1.29 is 34.8 Å². The van der Waals surface area contributed by atoms with E-state index >= 15 is 0 Å². The molecule has 2 aromatic rings. The van der Waals surface area contributed by atoms with Crippen LogP contribution in [0.25, 0.3) is 11.1 Å². The van der Waals surface area contributed by atoms with Crippen molar-refractivity contribution in [3.05, 3.63) is 75.8 Å². The first-order chi connectivity index (χ1) is 19.4. The van der Waals surface area contributed by atoms with Crippen LogP contribution in [0.3, 0.4) is 0 Å². The van der Waals surface area contributed by atoms with Crippen LogP contribution in [0.2, 0.25) is 0 Å². The molecule has 4 N–H and O–H groups in total. The maximum atomic E-state index is 14.4. The Morgan fingerprint density at radius 3 is 2.24 bits per heavy atom. The highest BCUT2D eigenvalue weighted by Crippen LogP contribution is 2.62. The molecular formula is C35H40O7. The fourth-order valence-electron chi connectivity index (χ4n) is 7.65. The second kappa shape index (κ2) is 9.66. The molecule has 2 aromatic carbocycles. The van der Waals surface area contributed by atoms with Gasteiger partial charge in [-0.25, -0.2) is 0 Å². The molecule has 0 amide bonds. The minimum absolute atomic E-state index is 0.0711. The van der Waals surface area contributed by atoms with Gasteiger partial charge in [0, 0.05) is 22.8 Å². The lowest BCUT2D eigenvalue weighted by Gasteiger charge is -2.56. The summed E-state index contributed by atoms with van der Waals surface area (Å²) in [5, 5.41) is 45.9. The fraction of sp³-hybridized carbons (Fsp3) is 0.457. The van der Waals surface area contributed by atoms with Gasteiger partial charge >= 0.3 is 0 Å². The summed E-state index contributed by atoms with van der Waals surface area (Å²) < 4.78 is 0. The minimum Gasteiger partial charge on any atom is -0.511 e. The second-order valence-corrected chi connectivity index (χ2v) is 14.2. The van der Waals surface area contributed by atoms with Crippen molar-refractivity contribution in [2.75, 3.05) is 0 Å². The third-order valence-corrected chi connectivity index (χ3v) is 9.56. The average molecular weight is 573 g/mol. The fourth-order valence-corrected chi connectivity index (χ4v) is 7.65. The molecule has 7 heteroatoms. The summed E-state index contributed by atoms with van der Waals surface area (Å²) >= 11 is 0. The summed E-state index contributed by atoms with van der Waals surface area (Å²) in [6.45, 7) is 10.9. The van der Waals surface area contributed by atoms with E-state index in [0.717, 1.165) is 30.9 Å². The van der Waals surface area contributed by atoms with Crippen LogP contribution >= 0.6 is 0 Å². The Kier molecular flexibility index (Phi) is 6.85. The summed E-state index contributed by atoms with van der Waals surface area (Å²) in [5.41, 5.74) is -2.58. The Labute approximate surface area is 246 Å². The van der Waals surface area contributed by atoms with Crippen LogP contribution in [0.4, 0.5) is 0 Å². The van der Waals surface area contributed by atoms with E-state index in [0.29, 0.717) is 17.5 Å². The van der Waals surface area contributed by atoms with Gasteiger partial charge in [-0.05, 0) is 72.8 Å². The summed E-state index contributed by atoms with van der Waals surface area (Å²) in [6, 6.07) is 11.6. The highest BCUT2D eigenvalue weighted by Gasteiger charge is 2.67. The van der Waals surface area contributed by atoms with Gasteiger partial charge in [-0.15, -0.1) is 0 Å². The van der Waals surface area contributed by atoms with Gasteiger partial charge in [-0.1, -0.05) is 65.0 Å². The first-order valence-corrected chi connectivity index (χ1v) is 14.6. The molecule has 5 rings (SSSR count). The number of aromatic hydroxyl groups is 1. The zero-order chi connectivity index (χ0) is 31.0. The van der Waals surface area contributed by atoms with Crippen molar-refractivity contribution >= 4 is 17.3 Å². The molecule has 7 nitrogen and oxygen atoms in total. The number of aliphatic hydroxyl groups is 3. The zero-order valence-electron chi connectivity index (χ0n) is 25.2. The molecule has 3 atom stereocenters.